The van der Waals surface area contributed by atoms with Crippen LogP contribution in [0.1, 0.15) is 12.0 Å². The van der Waals surface area contributed by atoms with Crippen LogP contribution in [0.15, 0.2) is 43.0 Å². The van der Waals surface area contributed by atoms with Crippen LogP contribution < -0.4 is 5.73 Å². The van der Waals surface area contributed by atoms with Crippen molar-refractivity contribution in [2.75, 3.05) is 6.54 Å². The largest absolute Gasteiger partial charge is 0.480 e. The fourth-order valence-corrected chi connectivity index (χ4v) is 2.79. The maximum absolute atomic E-state index is 11.2. The molecule has 1 aliphatic heterocycles. The number of carboxylic acid groups (broad SMARTS) is 1. The predicted octanol–water partition coefficient (Wildman–Crippen LogP) is 0.858. The highest BCUT2D eigenvalue weighted by atomic mass is 16.4. The van der Waals surface area contributed by atoms with Gasteiger partial charge in [0, 0.05) is 37.2 Å². The Kier molecular flexibility index (Phi) is 3.72. The average molecular weight is 286 g/mol. The number of aliphatic carboxylic acids is 1. The van der Waals surface area contributed by atoms with Gasteiger partial charge in [-0.3, -0.25) is 9.69 Å². The van der Waals surface area contributed by atoms with Crippen molar-refractivity contribution in [1.82, 2.24) is 14.5 Å². The summed E-state index contributed by atoms with van der Waals surface area (Å²) in [6, 6.07) is 7.49. The van der Waals surface area contributed by atoms with Crippen LogP contribution in [0.25, 0.3) is 5.69 Å². The first kappa shape index (κ1) is 13.8. The normalized spacial score (nSPS) is 22.5. The molecule has 0 bridgehead atoms. The van der Waals surface area contributed by atoms with Gasteiger partial charge < -0.3 is 15.4 Å². The van der Waals surface area contributed by atoms with Crippen LogP contribution in [-0.2, 0) is 11.3 Å². The lowest BCUT2D eigenvalue weighted by Gasteiger charge is -2.21. The summed E-state index contributed by atoms with van der Waals surface area (Å²) in [5.74, 6) is -0.794. The fraction of sp³-hybridized carbons (Fsp3) is 0.333. The zero-order valence-electron chi connectivity index (χ0n) is 11.6. The lowest BCUT2D eigenvalue weighted by atomic mass is 10.1. The molecule has 1 aliphatic rings. The summed E-state index contributed by atoms with van der Waals surface area (Å²) in [4.78, 5) is 17.2. The monoisotopic (exact) mass is 286 g/mol. The minimum absolute atomic E-state index is 0.0590. The highest BCUT2D eigenvalue weighted by Gasteiger charge is 2.34. The number of carbonyl (C=O) groups is 1. The topological polar surface area (TPSA) is 84.4 Å². The van der Waals surface area contributed by atoms with Crippen LogP contribution in [0.2, 0.25) is 0 Å². The van der Waals surface area contributed by atoms with Crippen molar-refractivity contribution in [1.29, 1.82) is 0 Å². The van der Waals surface area contributed by atoms with Crippen LogP contribution in [0.4, 0.5) is 0 Å². The van der Waals surface area contributed by atoms with E-state index in [0.29, 0.717) is 19.5 Å². The number of hydrogen-bond donors (Lipinski definition) is 2. The van der Waals surface area contributed by atoms with Gasteiger partial charge in [0.1, 0.15) is 6.04 Å². The predicted molar refractivity (Wildman–Crippen MR) is 78.0 cm³/mol. The Balaban J connectivity index is 1.72. The molecule has 21 heavy (non-hydrogen) atoms. The second-order valence-electron chi connectivity index (χ2n) is 5.42. The summed E-state index contributed by atoms with van der Waals surface area (Å²) < 4.78 is 1.93. The number of nitrogens with zero attached hydrogens (tertiary/aromatic N) is 3. The third-order valence-corrected chi connectivity index (χ3v) is 3.85. The van der Waals surface area contributed by atoms with Crippen LogP contribution in [0, 0.1) is 0 Å². The molecule has 2 heterocycles. The van der Waals surface area contributed by atoms with Crippen molar-refractivity contribution in [3.8, 4) is 5.69 Å². The molecule has 1 aromatic carbocycles. The Morgan fingerprint density at radius 2 is 2.14 bits per heavy atom. The van der Waals surface area contributed by atoms with Crippen LogP contribution in [0.3, 0.4) is 0 Å². The van der Waals surface area contributed by atoms with E-state index in [0.717, 1.165) is 11.3 Å². The van der Waals surface area contributed by atoms with Gasteiger partial charge >= 0.3 is 5.97 Å². The van der Waals surface area contributed by atoms with Crippen LogP contribution in [0.5, 0.6) is 0 Å². The third-order valence-electron chi connectivity index (χ3n) is 3.85. The number of imidazole rings is 1. The molecule has 1 aromatic heterocycles. The summed E-state index contributed by atoms with van der Waals surface area (Å²) >= 11 is 0. The third kappa shape index (κ3) is 2.96. The van der Waals surface area contributed by atoms with Gasteiger partial charge in [-0.05, 0) is 24.1 Å². The highest BCUT2D eigenvalue weighted by Crippen LogP contribution is 2.20. The van der Waals surface area contributed by atoms with E-state index in [-0.39, 0.29) is 6.04 Å². The van der Waals surface area contributed by atoms with E-state index >= 15 is 0 Å². The average Bonchev–Trinajstić information content (AvgIpc) is 3.09. The summed E-state index contributed by atoms with van der Waals surface area (Å²) in [6.45, 7) is 1.23. The highest BCUT2D eigenvalue weighted by molar-refractivity contribution is 5.74. The Hall–Kier alpha value is -2.18. The zero-order valence-corrected chi connectivity index (χ0v) is 11.6. The SMILES string of the molecule is N[C@H]1C[C@@H](C(=O)O)N(Cc2ccc(-n3ccnc3)cc2)C1. The molecule has 0 aliphatic carbocycles. The van der Waals surface area contributed by atoms with Gasteiger partial charge in [0.05, 0.1) is 6.33 Å². The van der Waals surface area contributed by atoms with Gasteiger partial charge in [0.2, 0.25) is 0 Å². The Morgan fingerprint density at radius 3 is 2.76 bits per heavy atom. The van der Waals surface area contributed by atoms with E-state index in [1.165, 1.54) is 0 Å². The van der Waals surface area contributed by atoms with E-state index in [1.54, 1.807) is 12.5 Å². The van der Waals surface area contributed by atoms with Crippen molar-refractivity contribution < 1.29 is 9.90 Å². The second kappa shape index (κ2) is 5.67. The van der Waals surface area contributed by atoms with Gasteiger partial charge in [0.15, 0.2) is 0 Å². The molecule has 0 amide bonds. The van der Waals surface area contributed by atoms with Gasteiger partial charge in [-0.2, -0.15) is 0 Å². The Morgan fingerprint density at radius 1 is 1.38 bits per heavy atom. The molecule has 1 saturated heterocycles. The summed E-state index contributed by atoms with van der Waals surface area (Å²) in [7, 11) is 0. The first-order valence-corrected chi connectivity index (χ1v) is 6.93. The number of carboxylic acids is 1. The molecule has 3 N–H and O–H groups in total. The number of nitrogens with two attached hydrogens (primary N) is 1. The van der Waals surface area contributed by atoms with E-state index in [2.05, 4.69) is 4.98 Å². The zero-order chi connectivity index (χ0) is 14.8. The number of benzene rings is 1. The Labute approximate surface area is 122 Å². The number of rotatable bonds is 4. The smallest absolute Gasteiger partial charge is 0.320 e. The Bertz CT molecular complexity index is 609. The lowest BCUT2D eigenvalue weighted by molar-refractivity contribution is -0.142. The summed E-state index contributed by atoms with van der Waals surface area (Å²) in [6.07, 6.45) is 5.88. The molecule has 0 radical (unpaired) electrons. The molecule has 0 spiro atoms. The van der Waals surface area contributed by atoms with Gasteiger partial charge in [-0.25, -0.2) is 4.98 Å². The van der Waals surface area contributed by atoms with Crippen molar-refractivity contribution in [3.63, 3.8) is 0 Å². The van der Waals surface area contributed by atoms with E-state index in [9.17, 15) is 9.90 Å². The quantitative estimate of drug-likeness (QED) is 0.871. The van der Waals surface area contributed by atoms with Crippen LogP contribution in [-0.4, -0.2) is 44.2 Å². The first-order chi connectivity index (χ1) is 10.1. The molecule has 2 aromatic rings. The molecule has 1 fully saturated rings. The van der Waals surface area contributed by atoms with Crippen molar-refractivity contribution in [2.45, 2.75) is 25.0 Å². The first-order valence-electron chi connectivity index (χ1n) is 6.93. The van der Waals surface area contributed by atoms with Gasteiger partial charge in [-0.1, -0.05) is 12.1 Å². The van der Waals surface area contributed by atoms with Crippen molar-refractivity contribution in [2.24, 2.45) is 5.73 Å². The molecule has 2 atom stereocenters. The molecule has 0 saturated carbocycles. The van der Waals surface area contributed by atoms with Crippen molar-refractivity contribution in [3.05, 3.63) is 48.5 Å². The molecular weight excluding hydrogens is 268 g/mol. The molecular formula is C15H18N4O2. The van der Waals surface area contributed by atoms with Gasteiger partial charge in [0.25, 0.3) is 0 Å². The van der Waals surface area contributed by atoms with Gasteiger partial charge in [-0.15, -0.1) is 0 Å². The maximum atomic E-state index is 11.2. The second-order valence-corrected chi connectivity index (χ2v) is 5.42. The molecule has 6 heteroatoms. The van der Waals surface area contributed by atoms with Crippen LogP contribution >= 0.6 is 0 Å². The number of aromatic nitrogens is 2. The standard InChI is InChI=1S/C15H18N4O2/c16-12-7-14(15(20)21)19(9-12)8-11-1-3-13(4-2-11)18-6-5-17-10-18/h1-6,10,12,14H,7-9,16H2,(H,20,21)/t12-,14-/m0/s1. The molecule has 0 unspecified atom stereocenters. The minimum atomic E-state index is -0.794. The maximum Gasteiger partial charge on any atom is 0.320 e. The molecule has 3 rings (SSSR count). The van der Waals surface area contributed by atoms with E-state index < -0.39 is 12.0 Å². The molecule has 110 valence electrons. The summed E-state index contributed by atoms with van der Waals surface area (Å²) in [5.41, 5.74) is 7.99. The molecule has 6 nitrogen and oxygen atoms in total. The minimum Gasteiger partial charge on any atom is -0.480 e. The summed E-state index contributed by atoms with van der Waals surface area (Å²) in [5, 5.41) is 9.24. The van der Waals surface area contributed by atoms with Crippen molar-refractivity contribution >= 4 is 5.97 Å². The van der Waals surface area contributed by atoms with E-state index in [4.69, 9.17) is 5.73 Å². The number of likely N-dealkylation sites (tertiary alicyclic amines) is 1. The van der Waals surface area contributed by atoms with E-state index in [1.807, 2.05) is 39.9 Å². The fourth-order valence-electron chi connectivity index (χ4n) is 2.79. The number of hydrogen-bond acceptors (Lipinski definition) is 4. The lowest BCUT2D eigenvalue weighted by Crippen LogP contribution is -2.35.